The zero-order valence-corrected chi connectivity index (χ0v) is 19.5. The first-order chi connectivity index (χ1) is 16.3. The molecule has 12 heteroatoms. The van der Waals surface area contributed by atoms with E-state index in [0.717, 1.165) is 21.6 Å². The quantitative estimate of drug-likeness (QED) is 0.382. The second-order valence-electron chi connectivity index (χ2n) is 6.96. The van der Waals surface area contributed by atoms with Gasteiger partial charge in [0, 0.05) is 28.9 Å². The van der Waals surface area contributed by atoms with Crippen LogP contribution in [0.25, 0.3) is 11.3 Å². The lowest BCUT2D eigenvalue weighted by Gasteiger charge is -2.10. The molecule has 0 saturated carbocycles. The standard InChI is InChI=1S/C22H19N5O5S2/c1-32-17-6-2-15(3-7-17)19-10-11-21(29)27(25-19)14-20(28)24-16-4-8-18(9-5-16)34(30,31)26-22-23-12-13-33-22/h2-13H,14H2,1H3,(H,23,26)(H,24,28). The first-order valence-electron chi connectivity index (χ1n) is 9.89. The number of carbonyl (C=O) groups is 1. The number of amides is 1. The van der Waals surface area contributed by atoms with E-state index in [1.54, 1.807) is 42.8 Å². The highest BCUT2D eigenvalue weighted by Crippen LogP contribution is 2.21. The number of thiazole rings is 1. The number of sulfonamides is 1. The Kier molecular flexibility index (Phi) is 6.70. The van der Waals surface area contributed by atoms with Gasteiger partial charge in [0.25, 0.3) is 15.6 Å². The van der Waals surface area contributed by atoms with E-state index in [-0.39, 0.29) is 16.6 Å². The molecule has 0 aliphatic carbocycles. The summed E-state index contributed by atoms with van der Waals surface area (Å²) in [4.78, 5) is 28.6. The third-order valence-corrected chi connectivity index (χ3v) is 6.82. The monoisotopic (exact) mass is 497 g/mol. The molecule has 0 aliphatic heterocycles. The lowest BCUT2D eigenvalue weighted by molar-refractivity contribution is -0.117. The molecule has 10 nitrogen and oxygen atoms in total. The summed E-state index contributed by atoms with van der Waals surface area (Å²) in [6, 6.07) is 15.7. The van der Waals surface area contributed by atoms with Gasteiger partial charge in [0.15, 0.2) is 5.13 Å². The van der Waals surface area contributed by atoms with Crippen molar-refractivity contribution in [3.63, 3.8) is 0 Å². The lowest BCUT2D eigenvalue weighted by atomic mass is 10.1. The van der Waals surface area contributed by atoms with Gasteiger partial charge in [0.2, 0.25) is 5.91 Å². The Bertz CT molecular complexity index is 1450. The van der Waals surface area contributed by atoms with Crippen LogP contribution >= 0.6 is 11.3 Å². The molecule has 0 atom stereocenters. The van der Waals surface area contributed by atoms with Gasteiger partial charge in [-0.15, -0.1) is 11.3 Å². The van der Waals surface area contributed by atoms with Crippen molar-refractivity contribution in [3.8, 4) is 17.0 Å². The van der Waals surface area contributed by atoms with E-state index in [4.69, 9.17) is 4.74 Å². The van der Waals surface area contributed by atoms with Crippen LogP contribution in [0.15, 0.2) is 81.9 Å². The molecule has 0 radical (unpaired) electrons. The molecule has 34 heavy (non-hydrogen) atoms. The maximum atomic E-state index is 12.5. The third-order valence-electron chi connectivity index (χ3n) is 4.65. The number of aromatic nitrogens is 3. The van der Waals surface area contributed by atoms with Gasteiger partial charge in [0.1, 0.15) is 12.3 Å². The largest absolute Gasteiger partial charge is 0.497 e. The van der Waals surface area contributed by atoms with Gasteiger partial charge in [0.05, 0.1) is 17.7 Å². The summed E-state index contributed by atoms with van der Waals surface area (Å²) >= 11 is 1.16. The molecule has 4 rings (SSSR count). The highest BCUT2D eigenvalue weighted by Gasteiger charge is 2.16. The Morgan fingerprint density at radius 1 is 1.06 bits per heavy atom. The minimum absolute atomic E-state index is 0.0192. The third kappa shape index (κ3) is 5.47. The van der Waals surface area contributed by atoms with Gasteiger partial charge in [-0.25, -0.2) is 18.1 Å². The van der Waals surface area contributed by atoms with Gasteiger partial charge in [-0.3, -0.25) is 14.3 Å². The van der Waals surface area contributed by atoms with Crippen molar-refractivity contribution in [2.24, 2.45) is 0 Å². The van der Waals surface area contributed by atoms with E-state index in [1.165, 1.54) is 36.5 Å². The zero-order chi connectivity index (χ0) is 24.1. The number of carbonyl (C=O) groups excluding carboxylic acids is 1. The van der Waals surface area contributed by atoms with Gasteiger partial charge in [-0.05, 0) is 54.6 Å². The average Bonchev–Trinajstić information content (AvgIpc) is 3.33. The van der Waals surface area contributed by atoms with Crippen LogP contribution in [0.1, 0.15) is 0 Å². The molecule has 0 bridgehead atoms. The summed E-state index contributed by atoms with van der Waals surface area (Å²) in [6.07, 6.45) is 1.49. The molecule has 0 spiro atoms. The predicted octanol–water partition coefficient (Wildman–Crippen LogP) is 2.81. The van der Waals surface area contributed by atoms with Crippen LogP contribution in [0.3, 0.4) is 0 Å². The lowest BCUT2D eigenvalue weighted by Crippen LogP contribution is -2.29. The molecular formula is C22H19N5O5S2. The van der Waals surface area contributed by atoms with Crippen molar-refractivity contribution in [2.45, 2.75) is 11.4 Å². The minimum atomic E-state index is -3.80. The van der Waals surface area contributed by atoms with Crippen molar-refractivity contribution in [1.29, 1.82) is 0 Å². The minimum Gasteiger partial charge on any atom is -0.497 e. The first kappa shape index (κ1) is 23.1. The van der Waals surface area contributed by atoms with Crippen LogP contribution in [0, 0.1) is 0 Å². The van der Waals surface area contributed by atoms with Crippen LogP contribution < -0.4 is 20.3 Å². The Hall–Kier alpha value is -4.03. The van der Waals surface area contributed by atoms with Crippen molar-refractivity contribution in [1.82, 2.24) is 14.8 Å². The Balaban J connectivity index is 1.44. The smallest absolute Gasteiger partial charge is 0.267 e. The van der Waals surface area contributed by atoms with E-state index < -0.39 is 21.5 Å². The number of hydrogen-bond acceptors (Lipinski definition) is 8. The number of nitrogens with zero attached hydrogens (tertiary/aromatic N) is 3. The molecule has 2 N–H and O–H groups in total. The summed E-state index contributed by atoms with van der Waals surface area (Å²) in [5.41, 5.74) is 1.23. The fourth-order valence-electron chi connectivity index (χ4n) is 2.98. The number of rotatable bonds is 8. The molecule has 4 aromatic rings. The van der Waals surface area contributed by atoms with Gasteiger partial charge in [-0.1, -0.05) is 0 Å². The fourth-order valence-corrected chi connectivity index (χ4v) is 4.77. The number of anilines is 2. The number of benzene rings is 2. The van der Waals surface area contributed by atoms with Crippen molar-refractivity contribution >= 4 is 38.1 Å². The Labute approximate surface area is 198 Å². The summed E-state index contributed by atoms with van der Waals surface area (Å²) in [5.74, 6) is 0.201. The van der Waals surface area contributed by atoms with Crippen LogP contribution in [0.4, 0.5) is 10.8 Å². The predicted molar refractivity (Wildman–Crippen MR) is 128 cm³/mol. The van der Waals surface area contributed by atoms with Crippen LogP contribution in [0.2, 0.25) is 0 Å². The molecular weight excluding hydrogens is 478 g/mol. The van der Waals surface area contributed by atoms with Crippen molar-refractivity contribution in [3.05, 3.63) is 82.6 Å². The summed E-state index contributed by atoms with van der Waals surface area (Å²) in [6.45, 7) is -0.311. The highest BCUT2D eigenvalue weighted by molar-refractivity contribution is 7.93. The molecule has 2 aromatic carbocycles. The molecule has 0 fully saturated rings. The summed E-state index contributed by atoms with van der Waals surface area (Å²) in [5, 5.41) is 8.82. The SMILES string of the molecule is COc1ccc(-c2ccc(=O)n(CC(=O)Nc3ccc(S(=O)(=O)Nc4nccs4)cc3)n2)cc1. The highest BCUT2D eigenvalue weighted by atomic mass is 32.2. The second kappa shape index (κ2) is 9.85. The molecule has 1 amide bonds. The molecule has 2 aromatic heterocycles. The van der Waals surface area contributed by atoms with E-state index in [9.17, 15) is 18.0 Å². The number of methoxy groups -OCH3 is 1. The van der Waals surface area contributed by atoms with E-state index >= 15 is 0 Å². The topological polar surface area (TPSA) is 132 Å². The molecule has 0 unspecified atom stereocenters. The Morgan fingerprint density at radius 2 is 1.79 bits per heavy atom. The molecule has 2 heterocycles. The van der Waals surface area contributed by atoms with Gasteiger partial charge < -0.3 is 10.1 Å². The van der Waals surface area contributed by atoms with Crippen LogP contribution in [-0.4, -0.2) is 36.2 Å². The maximum absolute atomic E-state index is 12.5. The molecule has 0 saturated heterocycles. The normalized spacial score (nSPS) is 11.1. The number of hydrogen-bond donors (Lipinski definition) is 2. The average molecular weight is 498 g/mol. The zero-order valence-electron chi connectivity index (χ0n) is 17.8. The Morgan fingerprint density at radius 3 is 2.44 bits per heavy atom. The first-order valence-corrected chi connectivity index (χ1v) is 12.3. The van der Waals surface area contributed by atoms with Crippen LogP contribution in [-0.2, 0) is 21.4 Å². The van der Waals surface area contributed by atoms with Crippen molar-refractivity contribution < 1.29 is 17.9 Å². The summed E-state index contributed by atoms with van der Waals surface area (Å²) in [7, 11) is -2.23. The second-order valence-corrected chi connectivity index (χ2v) is 9.54. The van der Waals surface area contributed by atoms with E-state index in [2.05, 4.69) is 20.1 Å². The fraction of sp³-hybridized carbons (Fsp3) is 0.0909. The van der Waals surface area contributed by atoms with Gasteiger partial charge in [-0.2, -0.15) is 5.10 Å². The van der Waals surface area contributed by atoms with Crippen LogP contribution in [0.5, 0.6) is 5.75 Å². The molecule has 174 valence electrons. The number of ether oxygens (including phenoxy) is 1. The molecule has 0 aliphatic rings. The van der Waals surface area contributed by atoms with Crippen molar-refractivity contribution in [2.75, 3.05) is 17.1 Å². The van der Waals surface area contributed by atoms with E-state index in [0.29, 0.717) is 17.1 Å². The van der Waals surface area contributed by atoms with Gasteiger partial charge >= 0.3 is 0 Å². The van der Waals surface area contributed by atoms with E-state index in [1.807, 2.05) is 0 Å². The number of nitrogens with one attached hydrogen (secondary N) is 2. The summed E-state index contributed by atoms with van der Waals surface area (Å²) < 4.78 is 33.4. The maximum Gasteiger partial charge on any atom is 0.267 e.